The molecule has 0 atom stereocenters. The van der Waals surface area contributed by atoms with Gasteiger partial charge in [0.1, 0.15) is 11.5 Å². The lowest BCUT2D eigenvalue weighted by Gasteiger charge is -2.11. The van der Waals surface area contributed by atoms with E-state index in [4.69, 9.17) is 9.47 Å². The third kappa shape index (κ3) is 3.61. The molecule has 0 fully saturated rings. The molecule has 6 nitrogen and oxygen atoms in total. The second kappa shape index (κ2) is 7.76. The maximum absolute atomic E-state index is 5.50. The molecule has 128 valence electrons. The highest BCUT2D eigenvalue weighted by Gasteiger charge is 2.13. The van der Waals surface area contributed by atoms with Gasteiger partial charge in [-0.15, -0.1) is 11.3 Å². The standard InChI is InChI=1S/C18H18N4O2S/c1-19-18-22(21-11-13-6-8-20-9-7-13)16(12-25-18)15-10-14(23-2)4-5-17(15)24-3/h4-12H,1-3H3. The number of aromatic nitrogens is 2. The summed E-state index contributed by atoms with van der Waals surface area (Å²) < 4.78 is 12.6. The summed E-state index contributed by atoms with van der Waals surface area (Å²) >= 11 is 1.51. The summed E-state index contributed by atoms with van der Waals surface area (Å²) in [6.07, 6.45) is 5.24. The fourth-order valence-electron chi connectivity index (χ4n) is 2.34. The topological polar surface area (TPSA) is 61.0 Å². The molecule has 0 aliphatic carbocycles. The number of rotatable bonds is 5. The molecule has 0 aliphatic rings. The van der Waals surface area contributed by atoms with Gasteiger partial charge >= 0.3 is 0 Å². The van der Waals surface area contributed by atoms with Crippen LogP contribution in [0, 0.1) is 0 Å². The number of nitrogens with zero attached hydrogens (tertiary/aromatic N) is 4. The summed E-state index contributed by atoms with van der Waals surface area (Å²) in [4.78, 5) is 9.11. The Morgan fingerprint density at radius 1 is 1.12 bits per heavy atom. The van der Waals surface area contributed by atoms with Crippen molar-refractivity contribution >= 4 is 17.6 Å². The van der Waals surface area contributed by atoms with Crippen LogP contribution in [0.4, 0.5) is 0 Å². The van der Waals surface area contributed by atoms with Crippen molar-refractivity contribution in [2.75, 3.05) is 21.3 Å². The Balaban J connectivity index is 2.13. The zero-order valence-corrected chi connectivity index (χ0v) is 15.0. The van der Waals surface area contributed by atoms with Crippen LogP contribution in [0.3, 0.4) is 0 Å². The number of ether oxygens (including phenoxy) is 2. The Bertz CT molecular complexity index is 945. The molecule has 2 aromatic heterocycles. The van der Waals surface area contributed by atoms with Crippen molar-refractivity contribution < 1.29 is 9.47 Å². The molecular formula is C18H18N4O2S. The van der Waals surface area contributed by atoms with Crippen LogP contribution in [0.15, 0.2) is 58.2 Å². The van der Waals surface area contributed by atoms with E-state index in [0.717, 1.165) is 33.1 Å². The van der Waals surface area contributed by atoms with E-state index in [2.05, 4.69) is 15.1 Å². The van der Waals surface area contributed by atoms with Crippen LogP contribution < -0.4 is 14.3 Å². The lowest BCUT2D eigenvalue weighted by atomic mass is 10.1. The average Bonchev–Trinajstić information content (AvgIpc) is 3.09. The molecule has 0 unspecified atom stereocenters. The zero-order valence-electron chi connectivity index (χ0n) is 14.2. The number of thiazole rings is 1. The van der Waals surface area contributed by atoms with Crippen molar-refractivity contribution in [3.05, 3.63) is 58.5 Å². The molecule has 0 radical (unpaired) electrons. The molecule has 25 heavy (non-hydrogen) atoms. The van der Waals surface area contributed by atoms with Gasteiger partial charge in [0.15, 0.2) is 0 Å². The molecule has 7 heteroatoms. The highest BCUT2D eigenvalue weighted by molar-refractivity contribution is 7.07. The van der Waals surface area contributed by atoms with Gasteiger partial charge in [-0.05, 0) is 35.9 Å². The Labute approximate surface area is 149 Å². The minimum Gasteiger partial charge on any atom is -0.497 e. The summed E-state index contributed by atoms with van der Waals surface area (Å²) in [5, 5.41) is 6.60. The van der Waals surface area contributed by atoms with E-state index in [1.165, 1.54) is 11.3 Å². The molecule has 2 heterocycles. The van der Waals surface area contributed by atoms with E-state index in [1.807, 2.05) is 35.7 Å². The molecule has 0 aliphatic heterocycles. The van der Waals surface area contributed by atoms with Gasteiger partial charge in [0.25, 0.3) is 0 Å². The van der Waals surface area contributed by atoms with Crippen LogP contribution in [-0.2, 0) is 0 Å². The van der Waals surface area contributed by atoms with Crippen molar-refractivity contribution in [3.8, 4) is 22.8 Å². The molecule has 3 rings (SSSR count). The van der Waals surface area contributed by atoms with Crippen LogP contribution in [-0.4, -0.2) is 37.1 Å². The maximum atomic E-state index is 5.50. The zero-order chi connectivity index (χ0) is 17.6. The fourth-order valence-corrected chi connectivity index (χ4v) is 3.13. The van der Waals surface area contributed by atoms with E-state index in [1.54, 1.807) is 44.6 Å². The second-order valence-corrected chi connectivity index (χ2v) is 5.87. The van der Waals surface area contributed by atoms with Gasteiger partial charge in [0, 0.05) is 30.4 Å². The molecule has 0 N–H and O–H groups in total. The first kappa shape index (κ1) is 16.9. The van der Waals surface area contributed by atoms with Crippen molar-refractivity contribution in [1.82, 2.24) is 9.66 Å². The summed E-state index contributed by atoms with van der Waals surface area (Å²) in [6.45, 7) is 0. The smallest absolute Gasteiger partial charge is 0.205 e. The summed E-state index contributed by atoms with van der Waals surface area (Å²) in [5.41, 5.74) is 2.73. The van der Waals surface area contributed by atoms with Crippen molar-refractivity contribution in [1.29, 1.82) is 0 Å². The molecule has 0 amide bonds. The van der Waals surface area contributed by atoms with Gasteiger partial charge in [0.05, 0.1) is 26.1 Å². The average molecular weight is 354 g/mol. The first-order valence-corrected chi connectivity index (χ1v) is 8.45. The summed E-state index contributed by atoms with van der Waals surface area (Å²) in [6, 6.07) is 9.46. The Morgan fingerprint density at radius 3 is 2.60 bits per heavy atom. The number of pyridine rings is 1. The predicted octanol–water partition coefficient (Wildman–Crippen LogP) is 3.04. The third-order valence-corrected chi connectivity index (χ3v) is 4.50. The van der Waals surface area contributed by atoms with E-state index in [0.29, 0.717) is 0 Å². The monoisotopic (exact) mass is 354 g/mol. The minimum atomic E-state index is 0.745. The molecule has 0 saturated heterocycles. The molecular weight excluding hydrogens is 336 g/mol. The van der Waals surface area contributed by atoms with Gasteiger partial charge in [-0.25, -0.2) is 4.68 Å². The largest absolute Gasteiger partial charge is 0.497 e. The molecule has 3 aromatic rings. The van der Waals surface area contributed by atoms with Gasteiger partial charge < -0.3 is 9.47 Å². The highest BCUT2D eigenvalue weighted by Crippen LogP contribution is 2.33. The predicted molar refractivity (Wildman–Crippen MR) is 99.6 cm³/mol. The van der Waals surface area contributed by atoms with Crippen LogP contribution in [0.25, 0.3) is 11.3 Å². The summed E-state index contributed by atoms with van der Waals surface area (Å²) in [5.74, 6) is 1.50. The van der Waals surface area contributed by atoms with E-state index < -0.39 is 0 Å². The number of hydrogen-bond acceptors (Lipinski definition) is 6. The Kier molecular flexibility index (Phi) is 5.25. The Hall–Kier alpha value is -2.93. The molecule has 0 bridgehead atoms. The van der Waals surface area contributed by atoms with Crippen LogP contribution in [0.5, 0.6) is 11.5 Å². The van der Waals surface area contributed by atoms with E-state index in [-0.39, 0.29) is 0 Å². The number of methoxy groups -OCH3 is 2. The lowest BCUT2D eigenvalue weighted by Crippen LogP contribution is -2.11. The van der Waals surface area contributed by atoms with Gasteiger partial charge in [-0.1, -0.05) is 0 Å². The third-order valence-electron chi connectivity index (χ3n) is 3.59. The molecule has 0 spiro atoms. The van der Waals surface area contributed by atoms with E-state index >= 15 is 0 Å². The quantitative estimate of drug-likeness (QED) is 0.662. The lowest BCUT2D eigenvalue weighted by molar-refractivity contribution is 0.404. The van der Waals surface area contributed by atoms with Crippen molar-refractivity contribution in [2.24, 2.45) is 10.1 Å². The molecule has 1 aromatic carbocycles. The van der Waals surface area contributed by atoms with Gasteiger partial charge in [-0.2, -0.15) is 5.10 Å². The molecule has 0 saturated carbocycles. The number of hydrogen-bond donors (Lipinski definition) is 0. The summed E-state index contributed by atoms with van der Waals surface area (Å²) in [7, 11) is 5.03. The Morgan fingerprint density at radius 2 is 1.92 bits per heavy atom. The first-order chi connectivity index (χ1) is 12.3. The SMILES string of the molecule is CN=c1scc(-c2cc(OC)ccc2OC)n1N=Cc1ccncc1. The fraction of sp³-hybridized carbons (Fsp3) is 0.167. The van der Waals surface area contributed by atoms with Crippen LogP contribution >= 0.6 is 11.3 Å². The second-order valence-electron chi connectivity index (χ2n) is 5.03. The van der Waals surface area contributed by atoms with Crippen molar-refractivity contribution in [2.45, 2.75) is 0 Å². The van der Waals surface area contributed by atoms with Gasteiger partial charge in [-0.3, -0.25) is 9.98 Å². The van der Waals surface area contributed by atoms with Crippen molar-refractivity contribution in [3.63, 3.8) is 0 Å². The van der Waals surface area contributed by atoms with Crippen LogP contribution in [0.1, 0.15) is 5.56 Å². The van der Waals surface area contributed by atoms with Gasteiger partial charge in [0.2, 0.25) is 4.80 Å². The first-order valence-electron chi connectivity index (χ1n) is 7.57. The minimum absolute atomic E-state index is 0.745. The normalized spacial score (nSPS) is 11.9. The van der Waals surface area contributed by atoms with Crippen LogP contribution in [0.2, 0.25) is 0 Å². The number of benzene rings is 1. The van der Waals surface area contributed by atoms with E-state index in [9.17, 15) is 0 Å². The highest BCUT2D eigenvalue weighted by atomic mass is 32.1. The maximum Gasteiger partial charge on any atom is 0.205 e.